The van der Waals surface area contributed by atoms with E-state index in [0.717, 1.165) is 0 Å². The monoisotopic (exact) mass is 586 g/mol. The lowest BCUT2D eigenvalue weighted by molar-refractivity contribution is -0.142. The fraction of sp³-hybridized carbons (Fsp3) is 0.478. The van der Waals surface area contributed by atoms with Crippen LogP contribution in [-0.4, -0.2) is 81.2 Å². The van der Waals surface area contributed by atoms with Gasteiger partial charge in [0.1, 0.15) is 29.3 Å². The zero-order valence-electron chi connectivity index (χ0n) is 21.6. The van der Waals surface area contributed by atoms with E-state index in [0.29, 0.717) is 17.2 Å². The van der Waals surface area contributed by atoms with Gasteiger partial charge in [-0.3, -0.25) is 13.9 Å². The number of aliphatic hydroxyl groups is 1. The molecule has 0 radical (unpaired) electrons. The summed E-state index contributed by atoms with van der Waals surface area (Å²) in [5.41, 5.74) is -1.22. The first kappa shape index (κ1) is 29.1. The number of nitrogens with one attached hydrogen (secondary N) is 2. The summed E-state index contributed by atoms with van der Waals surface area (Å²) in [5.74, 6) is -0.166. The molecule has 1 aromatic carbocycles. The molecule has 0 unspecified atom stereocenters. The van der Waals surface area contributed by atoms with Crippen LogP contribution in [0.5, 0.6) is 5.75 Å². The Balaban J connectivity index is 1.62. The van der Waals surface area contributed by atoms with Crippen LogP contribution in [-0.2, 0) is 23.4 Å². The molecule has 6 atom stereocenters. The van der Waals surface area contributed by atoms with E-state index >= 15 is 4.39 Å². The van der Waals surface area contributed by atoms with Gasteiger partial charge in [0, 0.05) is 7.05 Å². The van der Waals surface area contributed by atoms with Crippen LogP contribution in [0.15, 0.2) is 36.7 Å². The lowest BCUT2D eigenvalue weighted by Gasteiger charge is -2.31. The predicted octanol–water partition coefficient (Wildman–Crippen LogP) is 2.74. The third-order valence-electron chi connectivity index (χ3n) is 6.09. The van der Waals surface area contributed by atoms with Crippen molar-refractivity contribution in [3.8, 4) is 5.75 Å². The Kier molecular flexibility index (Phi) is 8.74. The first-order chi connectivity index (χ1) is 18.6. The topological polar surface area (TPSA) is 159 Å². The van der Waals surface area contributed by atoms with E-state index in [-0.39, 0.29) is 11.4 Å². The highest BCUT2D eigenvalue weighted by Gasteiger charge is 2.57. The van der Waals surface area contributed by atoms with Crippen molar-refractivity contribution >= 4 is 42.3 Å². The summed E-state index contributed by atoms with van der Waals surface area (Å²) in [6.07, 6.45) is -3.87. The predicted molar refractivity (Wildman–Crippen MR) is 139 cm³/mol. The quantitative estimate of drug-likeness (QED) is 0.172. The van der Waals surface area contributed by atoms with Crippen molar-refractivity contribution in [1.29, 1.82) is 0 Å². The highest BCUT2D eigenvalue weighted by atomic mass is 35.5. The van der Waals surface area contributed by atoms with Crippen LogP contribution in [0.1, 0.15) is 19.0 Å². The molecule has 0 spiro atoms. The molecule has 1 saturated heterocycles. The van der Waals surface area contributed by atoms with E-state index in [1.807, 2.05) is 0 Å². The number of anilines is 1. The van der Waals surface area contributed by atoms with E-state index in [2.05, 4.69) is 30.1 Å². The Morgan fingerprint density at radius 3 is 2.72 bits per heavy atom. The van der Waals surface area contributed by atoms with E-state index < -0.39 is 56.3 Å². The summed E-state index contributed by atoms with van der Waals surface area (Å²) >= 11 is 6.19. The Hall–Kier alpha value is -2.87. The van der Waals surface area contributed by atoms with Crippen molar-refractivity contribution in [3.63, 3.8) is 0 Å². The van der Waals surface area contributed by atoms with E-state index in [1.165, 1.54) is 37.1 Å². The van der Waals surface area contributed by atoms with Gasteiger partial charge in [-0.25, -0.2) is 23.9 Å². The van der Waals surface area contributed by atoms with Gasteiger partial charge in [0.15, 0.2) is 29.4 Å². The number of carbonyl (C=O) groups is 1. The summed E-state index contributed by atoms with van der Waals surface area (Å²) in [6.45, 7) is 2.40. The highest BCUT2D eigenvalue weighted by Crippen LogP contribution is 2.48. The van der Waals surface area contributed by atoms with E-state index in [1.54, 1.807) is 32.2 Å². The molecule has 1 aliphatic heterocycles. The van der Waals surface area contributed by atoms with Crippen LogP contribution in [0.4, 0.5) is 10.2 Å². The van der Waals surface area contributed by atoms with Crippen molar-refractivity contribution in [1.82, 2.24) is 24.6 Å². The van der Waals surface area contributed by atoms with Crippen LogP contribution >= 0.6 is 19.3 Å². The van der Waals surface area contributed by atoms with Crippen LogP contribution in [0, 0.1) is 6.92 Å². The molecule has 212 valence electrons. The first-order valence-electron chi connectivity index (χ1n) is 11.9. The molecule has 39 heavy (non-hydrogen) atoms. The molecular weight excluding hydrogens is 558 g/mol. The van der Waals surface area contributed by atoms with Gasteiger partial charge in [-0.1, -0.05) is 18.2 Å². The number of methoxy groups -OCH3 is 1. The molecule has 0 bridgehead atoms. The van der Waals surface area contributed by atoms with Crippen molar-refractivity contribution < 1.29 is 37.4 Å². The number of aliphatic hydroxyl groups excluding tert-OH is 1. The van der Waals surface area contributed by atoms with Gasteiger partial charge in [0.05, 0.1) is 25.9 Å². The summed E-state index contributed by atoms with van der Waals surface area (Å²) in [6, 6.07) is 6.97. The van der Waals surface area contributed by atoms with Gasteiger partial charge in [-0.15, -0.1) is 11.6 Å². The number of aryl methyl sites for hydroxylation is 1. The number of carbonyl (C=O) groups excluding carboxylic acids is 1. The minimum Gasteiger partial charge on any atom is -0.468 e. The molecule has 1 aliphatic rings. The lowest BCUT2D eigenvalue weighted by Crippen LogP contribution is -2.48. The van der Waals surface area contributed by atoms with Crippen LogP contribution in [0.2, 0.25) is 0 Å². The third kappa shape index (κ3) is 5.86. The molecule has 3 aromatic rings. The van der Waals surface area contributed by atoms with E-state index in [9.17, 15) is 14.5 Å². The minimum absolute atomic E-state index is 0.166. The number of alkyl halides is 2. The molecule has 16 heteroatoms. The third-order valence-corrected chi connectivity index (χ3v) is 8.17. The Labute approximate surface area is 228 Å². The summed E-state index contributed by atoms with van der Waals surface area (Å²) in [5, 5.41) is 16.3. The second-order valence-electron chi connectivity index (χ2n) is 8.84. The summed E-state index contributed by atoms with van der Waals surface area (Å²) in [7, 11) is -1.50. The Bertz CT molecular complexity index is 1370. The number of para-hydroxylation sites is 1. The standard InChI is InChI=1S/C23H29ClFN6O7P/c1-13(22(33)35-4)30-39(34,38-15-8-6-5-7-9-15)36-11-23(10-24)18(32)16(25)21(37-23)31-12-27-17-19(26-3)28-14(2)29-20(17)31/h5-9,12-13,16,18,21,32H,10-11H2,1-4H3,(H,30,34)(H,26,28,29)/t13-,16-,18+,21-,23-,39-/m1/s1. The van der Waals surface area contributed by atoms with Gasteiger partial charge >= 0.3 is 13.7 Å². The smallest absolute Gasteiger partial charge is 0.459 e. The van der Waals surface area contributed by atoms with Gasteiger partial charge < -0.3 is 24.4 Å². The van der Waals surface area contributed by atoms with E-state index in [4.69, 9.17) is 25.4 Å². The average molecular weight is 587 g/mol. The number of fused-ring (bicyclic) bond motifs is 1. The molecule has 4 rings (SSSR count). The highest BCUT2D eigenvalue weighted by molar-refractivity contribution is 7.52. The molecule has 3 N–H and O–H groups in total. The van der Waals surface area contributed by atoms with Gasteiger partial charge in [-0.2, -0.15) is 5.09 Å². The normalized spacial score (nSPS) is 25.3. The number of rotatable bonds is 11. The largest absolute Gasteiger partial charge is 0.468 e. The van der Waals surface area contributed by atoms with Crippen molar-refractivity contribution in [2.24, 2.45) is 0 Å². The molecule has 0 amide bonds. The number of halogens is 2. The number of aromatic nitrogens is 4. The van der Waals surface area contributed by atoms with Crippen molar-refractivity contribution in [2.45, 2.75) is 44.0 Å². The SMILES string of the molecule is CNc1nc(C)nc2c1ncn2[C@@H]1O[C@](CCl)(CO[P@](=O)(N[C@H](C)C(=O)OC)Oc2ccccc2)[C@@H](O)[C@H]1F. The minimum atomic E-state index is -4.33. The fourth-order valence-corrected chi connectivity index (χ4v) is 5.90. The average Bonchev–Trinajstić information content (AvgIpc) is 3.45. The lowest BCUT2D eigenvalue weighted by atomic mass is 9.99. The molecule has 0 aliphatic carbocycles. The molecule has 2 aromatic heterocycles. The van der Waals surface area contributed by atoms with Gasteiger partial charge in [0.25, 0.3) is 0 Å². The Morgan fingerprint density at radius 1 is 1.36 bits per heavy atom. The zero-order valence-corrected chi connectivity index (χ0v) is 23.2. The van der Waals surface area contributed by atoms with Crippen molar-refractivity contribution in [2.75, 3.05) is 32.0 Å². The second-order valence-corrected chi connectivity index (χ2v) is 10.8. The first-order valence-corrected chi connectivity index (χ1v) is 13.9. The molecule has 0 saturated carbocycles. The molecular formula is C23H29ClFN6O7P. The van der Waals surface area contributed by atoms with Crippen LogP contribution < -0.4 is 14.9 Å². The molecule has 13 nitrogen and oxygen atoms in total. The second kappa shape index (κ2) is 11.7. The number of hydrogen-bond donors (Lipinski definition) is 3. The summed E-state index contributed by atoms with van der Waals surface area (Å²) < 4.78 is 52.5. The maximum absolute atomic E-state index is 15.6. The van der Waals surface area contributed by atoms with Crippen LogP contribution in [0.25, 0.3) is 11.2 Å². The number of hydrogen-bond acceptors (Lipinski definition) is 11. The number of nitrogens with zero attached hydrogens (tertiary/aromatic N) is 4. The Morgan fingerprint density at radius 2 is 2.08 bits per heavy atom. The number of imidazole rings is 1. The maximum atomic E-state index is 15.6. The molecule has 3 heterocycles. The van der Waals surface area contributed by atoms with Crippen LogP contribution in [0.3, 0.4) is 0 Å². The zero-order chi connectivity index (χ0) is 28.4. The molecule has 1 fully saturated rings. The number of ether oxygens (including phenoxy) is 2. The number of benzene rings is 1. The number of esters is 1. The summed E-state index contributed by atoms with van der Waals surface area (Å²) in [4.78, 5) is 24.9. The van der Waals surface area contributed by atoms with Crippen molar-refractivity contribution in [3.05, 3.63) is 42.5 Å². The van der Waals surface area contributed by atoms with Gasteiger partial charge in [0.2, 0.25) is 0 Å². The van der Waals surface area contributed by atoms with Gasteiger partial charge in [-0.05, 0) is 26.0 Å². The fourth-order valence-electron chi connectivity index (χ4n) is 4.06. The maximum Gasteiger partial charge on any atom is 0.459 e.